The van der Waals surface area contributed by atoms with Crippen LogP contribution in [0.1, 0.15) is 12.0 Å². The van der Waals surface area contributed by atoms with Crippen LogP contribution in [-0.4, -0.2) is 29.5 Å². The summed E-state index contributed by atoms with van der Waals surface area (Å²) in [6.45, 7) is 1.52. The third-order valence-electron chi connectivity index (χ3n) is 4.33. The molecular formula is C17H16F3N3O2. The summed E-state index contributed by atoms with van der Waals surface area (Å²) < 4.78 is 39.6. The van der Waals surface area contributed by atoms with Gasteiger partial charge in [0.1, 0.15) is 5.82 Å². The van der Waals surface area contributed by atoms with Crippen molar-refractivity contribution in [2.75, 3.05) is 11.9 Å². The van der Waals surface area contributed by atoms with Gasteiger partial charge in [-0.15, -0.1) is 0 Å². The predicted molar refractivity (Wildman–Crippen MR) is 85.8 cm³/mol. The number of alkyl halides is 3. The SMILES string of the molecule is Cc1ccc2ccnc(NC(=O)C3CNC(=O)CC3C(F)(F)F)c2c1. The van der Waals surface area contributed by atoms with Crippen LogP contribution in [0.4, 0.5) is 19.0 Å². The molecule has 132 valence electrons. The van der Waals surface area contributed by atoms with Crippen LogP contribution in [0.2, 0.25) is 0 Å². The van der Waals surface area contributed by atoms with Crippen LogP contribution in [0, 0.1) is 18.8 Å². The zero-order valence-corrected chi connectivity index (χ0v) is 13.4. The van der Waals surface area contributed by atoms with Crippen LogP contribution >= 0.6 is 0 Å². The average molecular weight is 351 g/mol. The molecule has 3 rings (SSSR count). The van der Waals surface area contributed by atoms with Gasteiger partial charge in [-0.25, -0.2) is 4.98 Å². The summed E-state index contributed by atoms with van der Waals surface area (Å²) in [7, 11) is 0. The molecule has 1 fully saturated rings. The second-order valence-electron chi connectivity index (χ2n) is 6.14. The fourth-order valence-corrected chi connectivity index (χ4v) is 2.99. The van der Waals surface area contributed by atoms with Crippen molar-refractivity contribution in [3.63, 3.8) is 0 Å². The van der Waals surface area contributed by atoms with Gasteiger partial charge < -0.3 is 10.6 Å². The van der Waals surface area contributed by atoms with Gasteiger partial charge in [0.15, 0.2) is 0 Å². The Morgan fingerprint density at radius 2 is 2.08 bits per heavy atom. The molecule has 1 aliphatic rings. The number of aromatic nitrogens is 1. The molecule has 2 unspecified atom stereocenters. The number of amides is 2. The number of carbonyl (C=O) groups is 2. The van der Waals surface area contributed by atoms with Crippen molar-refractivity contribution >= 4 is 28.4 Å². The van der Waals surface area contributed by atoms with Crippen molar-refractivity contribution < 1.29 is 22.8 Å². The molecule has 0 saturated carbocycles. The Kier molecular flexibility index (Phi) is 4.36. The molecule has 0 spiro atoms. The lowest BCUT2D eigenvalue weighted by Crippen LogP contribution is -2.50. The summed E-state index contributed by atoms with van der Waals surface area (Å²) in [5.41, 5.74) is 0.939. The van der Waals surface area contributed by atoms with E-state index in [1.165, 1.54) is 6.20 Å². The average Bonchev–Trinajstić information content (AvgIpc) is 2.54. The molecule has 2 N–H and O–H groups in total. The van der Waals surface area contributed by atoms with Gasteiger partial charge in [-0.1, -0.05) is 17.7 Å². The van der Waals surface area contributed by atoms with Gasteiger partial charge >= 0.3 is 6.18 Å². The van der Waals surface area contributed by atoms with Crippen molar-refractivity contribution in [1.29, 1.82) is 0 Å². The van der Waals surface area contributed by atoms with Crippen LogP contribution in [0.15, 0.2) is 30.5 Å². The Hall–Kier alpha value is -2.64. The minimum absolute atomic E-state index is 0.212. The van der Waals surface area contributed by atoms with Crippen LogP contribution in [0.3, 0.4) is 0 Å². The Morgan fingerprint density at radius 1 is 1.32 bits per heavy atom. The largest absolute Gasteiger partial charge is 0.393 e. The summed E-state index contributed by atoms with van der Waals surface area (Å²) in [5.74, 6) is -4.68. The first-order valence-corrected chi connectivity index (χ1v) is 7.75. The fourth-order valence-electron chi connectivity index (χ4n) is 2.99. The fraction of sp³-hybridized carbons (Fsp3) is 0.353. The number of hydrogen-bond donors (Lipinski definition) is 2. The van der Waals surface area contributed by atoms with E-state index in [4.69, 9.17) is 0 Å². The van der Waals surface area contributed by atoms with E-state index < -0.39 is 36.2 Å². The Balaban J connectivity index is 1.89. The number of pyridine rings is 1. The van der Waals surface area contributed by atoms with Crippen molar-refractivity contribution in [3.8, 4) is 0 Å². The van der Waals surface area contributed by atoms with Gasteiger partial charge in [0.05, 0.1) is 11.8 Å². The summed E-state index contributed by atoms with van der Waals surface area (Å²) >= 11 is 0. The maximum atomic E-state index is 13.2. The van der Waals surface area contributed by atoms with E-state index in [9.17, 15) is 22.8 Å². The van der Waals surface area contributed by atoms with Gasteiger partial charge in [-0.05, 0) is 24.4 Å². The zero-order chi connectivity index (χ0) is 18.2. The highest BCUT2D eigenvalue weighted by atomic mass is 19.4. The number of nitrogens with one attached hydrogen (secondary N) is 2. The number of aryl methyl sites for hydroxylation is 1. The van der Waals surface area contributed by atoms with Crippen molar-refractivity contribution in [2.45, 2.75) is 19.5 Å². The minimum atomic E-state index is -4.62. The maximum Gasteiger partial charge on any atom is 0.393 e. The molecule has 8 heteroatoms. The number of piperidine rings is 1. The first-order chi connectivity index (χ1) is 11.8. The van der Waals surface area contributed by atoms with Crippen molar-refractivity contribution in [3.05, 3.63) is 36.0 Å². The quantitative estimate of drug-likeness (QED) is 0.874. The van der Waals surface area contributed by atoms with Gasteiger partial charge in [0, 0.05) is 24.5 Å². The molecule has 2 amide bonds. The molecule has 1 aliphatic heterocycles. The molecule has 1 aromatic heterocycles. The lowest BCUT2D eigenvalue weighted by Gasteiger charge is -2.31. The highest BCUT2D eigenvalue weighted by Gasteiger charge is 2.50. The number of rotatable bonds is 2. The van der Waals surface area contributed by atoms with E-state index in [1.807, 2.05) is 25.1 Å². The Bertz CT molecular complexity index is 835. The Morgan fingerprint density at radius 3 is 2.80 bits per heavy atom. The van der Waals surface area contributed by atoms with Gasteiger partial charge in [0.2, 0.25) is 11.8 Å². The number of anilines is 1. The molecule has 1 aromatic carbocycles. The second kappa shape index (κ2) is 6.34. The summed E-state index contributed by atoms with van der Waals surface area (Å²) in [6, 6.07) is 7.30. The lowest BCUT2D eigenvalue weighted by molar-refractivity contribution is -0.197. The standard InChI is InChI=1S/C17H16F3N3O2/c1-9-2-3-10-4-5-21-15(11(10)6-9)23-16(25)12-8-22-14(24)7-13(12)17(18,19)20/h2-6,12-13H,7-8H2,1H3,(H,22,24)(H,21,23,25). The molecular weight excluding hydrogens is 335 g/mol. The van der Waals surface area contributed by atoms with E-state index in [1.54, 1.807) is 6.07 Å². The van der Waals surface area contributed by atoms with E-state index in [0.29, 0.717) is 5.39 Å². The van der Waals surface area contributed by atoms with E-state index >= 15 is 0 Å². The third-order valence-corrected chi connectivity index (χ3v) is 4.33. The highest BCUT2D eigenvalue weighted by molar-refractivity contribution is 6.02. The normalized spacial score (nSPS) is 21.0. The molecule has 2 atom stereocenters. The van der Waals surface area contributed by atoms with Crippen LogP contribution in [0.5, 0.6) is 0 Å². The summed E-state index contributed by atoms with van der Waals surface area (Å²) in [5, 5.41) is 6.30. The maximum absolute atomic E-state index is 13.2. The summed E-state index contributed by atoms with van der Waals surface area (Å²) in [6.07, 6.45) is -3.89. The predicted octanol–water partition coefficient (Wildman–Crippen LogP) is 2.80. The lowest BCUT2D eigenvalue weighted by atomic mass is 9.84. The topological polar surface area (TPSA) is 71.1 Å². The van der Waals surface area contributed by atoms with Crippen LogP contribution in [0.25, 0.3) is 10.8 Å². The Labute approximate surface area is 141 Å². The molecule has 5 nitrogen and oxygen atoms in total. The third kappa shape index (κ3) is 3.57. The monoisotopic (exact) mass is 351 g/mol. The zero-order valence-electron chi connectivity index (χ0n) is 13.4. The molecule has 25 heavy (non-hydrogen) atoms. The molecule has 0 bridgehead atoms. The number of carbonyl (C=O) groups excluding carboxylic acids is 2. The van der Waals surface area contributed by atoms with Crippen LogP contribution < -0.4 is 10.6 Å². The molecule has 0 radical (unpaired) electrons. The molecule has 0 aliphatic carbocycles. The first-order valence-electron chi connectivity index (χ1n) is 7.75. The van der Waals surface area contributed by atoms with E-state index in [0.717, 1.165) is 10.9 Å². The number of fused-ring (bicyclic) bond motifs is 1. The smallest absolute Gasteiger partial charge is 0.355 e. The van der Waals surface area contributed by atoms with Crippen molar-refractivity contribution in [1.82, 2.24) is 10.3 Å². The van der Waals surface area contributed by atoms with Crippen molar-refractivity contribution in [2.24, 2.45) is 11.8 Å². The number of halogens is 3. The molecule has 2 aromatic rings. The van der Waals surface area contributed by atoms with E-state index in [-0.39, 0.29) is 12.4 Å². The molecule has 2 heterocycles. The van der Waals surface area contributed by atoms with Crippen LogP contribution in [-0.2, 0) is 9.59 Å². The van der Waals surface area contributed by atoms with Gasteiger partial charge in [-0.3, -0.25) is 9.59 Å². The second-order valence-corrected chi connectivity index (χ2v) is 6.14. The number of hydrogen-bond acceptors (Lipinski definition) is 3. The number of nitrogens with zero attached hydrogens (tertiary/aromatic N) is 1. The van der Waals surface area contributed by atoms with Gasteiger partial charge in [-0.2, -0.15) is 13.2 Å². The van der Waals surface area contributed by atoms with E-state index in [2.05, 4.69) is 15.6 Å². The number of benzene rings is 1. The molecule has 1 saturated heterocycles. The minimum Gasteiger partial charge on any atom is -0.355 e. The van der Waals surface area contributed by atoms with Gasteiger partial charge in [0.25, 0.3) is 0 Å². The summed E-state index contributed by atoms with van der Waals surface area (Å²) in [4.78, 5) is 27.8. The first kappa shape index (κ1) is 17.2. The highest BCUT2D eigenvalue weighted by Crippen LogP contribution is 2.37.